The Morgan fingerprint density at radius 3 is 2.39 bits per heavy atom. The maximum Gasteiger partial charge on any atom is 0.261 e. The van der Waals surface area contributed by atoms with Gasteiger partial charge < -0.3 is 15.0 Å². The molecule has 38 heavy (non-hydrogen) atoms. The van der Waals surface area contributed by atoms with Crippen molar-refractivity contribution >= 4 is 23.4 Å². The third-order valence-electron chi connectivity index (χ3n) is 7.15. The number of rotatable bonds is 10. The van der Waals surface area contributed by atoms with Gasteiger partial charge in [0.25, 0.3) is 5.91 Å². The molecule has 6 heteroatoms. The van der Waals surface area contributed by atoms with Crippen molar-refractivity contribution in [2.75, 3.05) is 6.61 Å². The molecular formula is C32H37ClN2O3. The minimum absolute atomic E-state index is 0.107. The lowest BCUT2D eigenvalue weighted by molar-refractivity contribution is -0.143. The Morgan fingerprint density at radius 2 is 1.68 bits per heavy atom. The Hall–Kier alpha value is -3.31. The van der Waals surface area contributed by atoms with Crippen LogP contribution in [0.4, 0.5) is 0 Å². The monoisotopic (exact) mass is 532 g/mol. The summed E-state index contributed by atoms with van der Waals surface area (Å²) in [4.78, 5) is 29.3. The lowest BCUT2D eigenvalue weighted by Gasteiger charge is -2.33. The van der Waals surface area contributed by atoms with Crippen molar-refractivity contribution in [1.29, 1.82) is 0 Å². The first kappa shape index (κ1) is 27.7. The number of hydrogen-bond acceptors (Lipinski definition) is 3. The maximum absolute atomic E-state index is 13.8. The number of nitrogens with one attached hydrogen (secondary N) is 1. The van der Waals surface area contributed by atoms with Crippen molar-refractivity contribution in [3.05, 3.63) is 100 Å². The van der Waals surface area contributed by atoms with Crippen molar-refractivity contribution in [2.24, 2.45) is 0 Å². The van der Waals surface area contributed by atoms with Crippen LogP contribution in [0, 0.1) is 13.8 Å². The Balaban J connectivity index is 1.61. The first-order chi connectivity index (χ1) is 18.4. The molecule has 1 aliphatic carbocycles. The lowest BCUT2D eigenvalue weighted by atomic mass is 9.94. The second kappa shape index (κ2) is 13.5. The number of carbonyl (C=O) groups is 2. The Morgan fingerprint density at radius 1 is 0.947 bits per heavy atom. The number of aryl methyl sites for hydroxylation is 2. The van der Waals surface area contributed by atoms with E-state index < -0.39 is 6.04 Å². The molecule has 0 aromatic heterocycles. The van der Waals surface area contributed by atoms with Crippen LogP contribution in [0.2, 0.25) is 5.02 Å². The number of ether oxygens (including phenoxy) is 1. The standard InChI is InChI=1S/C32H37ClN2O3/c1-23-10-9-13-26(18-23)21-35(31(36)22-38-28-16-17-29(33)24(2)19-28)30(20-25-11-5-3-6-12-25)32(37)34-27-14-7-4-8-15-27/h3,5-6,9-13,16-19,27,30H,4,7-8,14-15,20-22H2,1-2H3,(H,34,37)/t30-/m1/s1. The van der Waals surface area contributed by atoms with Crippen molar-refractivity contribution in [1.82, 2.24) is 10.2 Å². The van der Waals surface area contributed by atoms with Crippen LogP contribution in [0.3, 0.4) is 0 Å². The normalized spacial score (nSPS) is 14.5. The SMILES string of the molecule is Cc1cccc(CN(C(=O)COc2ccc(Cl)c(C)c2)[C@H](Cc2ccccc2)C(=O)NC2CCCCC2)c1. The summed E-state index contributed by atoms with van der Waals surface area (Å²) in [7, 11) is 0. The largest absolute Gasteiger partial charge is 0.484 e. The van der Waals surface area contributed by atoms with Gasteiger partial charge in [-0.15, -0.1) is 0 Å². The van der Waals surface area contributed by atoms with Crippen LogP contribution in [0.25, 0.3) is 0 Å². The number of amides is 2. The number of benzene rings is 3. The Bertz CT molecular complexity index is 1220. The van der Waals surface area contributed by atoms with Crippen LogP contribution in [-0.2, 0) is 22.6 Å². The molecule has 0 bridgehead atoms. The molecule has 3 aromatic carbocycles. The van der Waals surface area contributed by atoms with Crippen LogP contribution >= 0.6 is 11.6 Å². The molecule has 3 aromatic rings. The molecule has 4 rings (SSSR count). The zero-order chi connectivity index (χ0) is 26.9. The van der Waals surface area contributed by atoms with E-state index in [1.165, 1.54) is 6.42 Å². The average molecular weight is 533 g/mol. The van der Waals surface area contributed by atoms with Crippen molar-refractivity contribution in [2.45, 2.75) is 71.0 Å². The fourth-order valence-electron chi connectivity index (χ4n) is 5.04. The second-order valence-corrected chi connectivity index (χ2v) is 10.7. The first-order valence-corrected chi connectivity index (χ1v) is 13.8. The van der Waals surface area contributed by atoms with Gasteiger partial charge in [0.05, 0.1) is 0 Å². The summed E-state index contributed by atoms with van der Waals surface area (Å²) < 4.78 is 5.89. The number of hydrogen-bond donors (Lipinski definition) is 1. The molecule has 1 N–H and O–H groups in total. The zero-order valence-corrected chi connectivity index (χ0v) is 23.0. The quantitative estimate of drug-likeness (QED) is 0.327. The summed E-state index contributed by atoms with van der Waals surface area (Å²) in [5.41, 5.74) is 3.97. The van der Waals surface area contributed by atoms with Crippen LogP contribution in [-0.4, -0.2) is 35.4 Å². The van der Waals surface area contributed by atoms with Gasteiger partial charge in [0, 0.05) is 24.0 Å². The van der Waals surface area contributed by atoms with E-state index in [4.69, 9.17) is 16.3 Å². The van der Waals surface area contributed by atoms with Crippen molar-refractivity contribution in [3.8, 4) is 5.75 Å². The van der Waals surface area contributed by atoms with Crippen molar-refractivity contribution in [3.63, 3.8) is 0 Å². The van der Waals surface area contributed by atoms with E-state index in [-0.39, 0.29) is 24.5 Å². The highest BCUT2D eigenvalue weighted by atomic mass is 35.5. The number of halogens is 1. The van der Waals surface area contributed by atoms with Crippen LogP contribution in [0.1, 0.15) is 54.4 Å². The summed E-state index contributed by atoms with van der Waals surface area (Å²) in [5, 5.41) is 3.92. The average Bonchev–Trinajstić information content (AvgIpc) is 2.92. The molecule has 200 valence electrons. The number of nitrogens with zero attached hydrogens (tertiary/aromatic N) is 1. The molecule has 2 amide bonds. The molecule has 0 spiro atoms. The summed E-state index contributed by atoms with van der Waals surface area (Å²) in [6, 6.07) is 22.8. The lowest BCUT2D eigenvalue weighted by Crippen LogP contribution is -2.53. The van der Waals surface area contributed by atoms with E-state index in [0.717, 1.165) is 47.9 Å². The van der Waals surface area contributed by atoms with Gasteiger partial charge in [0.15, 0.2) is 6.61 Å². The van der Waals surface area contributed by atoms with Crippen molar-refractivity contribution < 1.29 is 14.3 Å². The van der Waals surface area contributed by atoms with Gasteiger partial charge >= 0.3 is 0 Å². The maximum atomic E-state index is 13.8. The minimum atomic E-state index is -0.664. The molecule has 1 aliphatic rings. The molecule has 1 saturated carbocycles. The molecule has 0 aliphatic heterocycles. The van der Waals surface area contributed by atoms with Gasteiger partial charge in [-0.3, -0.25) is 9.59 Å². The predicted octanol–water partition coefficient (Wildman–Crippen LogP) is 6.42. The molecule has 0 heterocycles. The molecule has 0 saturated heterocycles. The Labute approximate surface area is 231 Å². The minimum Gasteiger partial charge on any atom is -0.484 e. The van der Waals surface area contributed by atoms with Crippen LogP contribution in [0.5, 0.6) is 5.75 Å². The number of carbonyl (C=O) groups excluding carboxylic acids is 2. The van der Waals surface area contributed by atoms with Crippen LogP contribution < -0.4 is 10.1 Å². The fraction of sp³-hybridized carbons (Fsp3) is 0.375. The summed E-state index contributed by atoms with van der Waals surface area (Å²) >= 11 is 6.16. The van der Waals surface area contributed by atoms with Gasteiger partial charge in [-0.1, -0.05) is 91.0 Å². The Kier molecular flexibility index (Phi) is 9.83. The van der Waals surface area contributed by atoms with Gasteiger partial charge in [0.1, 0.15) is 11.8 Å². The van der Waals surface area contributed by atoms with Crippen LogP contribution in [0.15, 0.2) is 72.8 Å². The molecule has 1 atom stereocenters. The molecule has 0 radical (unpaired) electrons. The molecule has 0 unspecified atom stereocenters. The van der Waals surface area contributed by atoms with Gasteiger partial charge in [-0.25, -0.2) is 0 Å². The molecular weight excluding hydrogens is 496 g/mol. The highest BCUT2D eigenvalue weighted by Crippen LogP contribution is 2.23. The van der Waals surface area contributed by atoms with Gasteiger partial charge in [-0.2, -0.15) is 0 Å². The van der Waals surface area contributed by atoms with Gasteiger partial charge in [-0.05, 0) is 61.6 Å². The smallest absolute Gasteiger partial charge is 0.261 e. The van der Waals surface area contributed by atoms with E-state index >= 15 is 0 Å². The molecule has 5 nitrogen and oxygen atoms in total. The fourth-order valence-corrected chi connectivity index (χ4v) is 5.16. The third-order valence-corrected chi connectivity index (χ3v) is 7.57. The predicted molar refractivity (Wildman–Crippen MR) is 152 cm³/mol. The first-order valence-electron chi connectivity index (χ1n) is 13.5. The van der Waals surface area contributed by atoms with E-state index in [1.54, 1.807) is 17.0 Å². The highest BCUT2D eigenvalue weighted by Gasteiger charge is 2.32. The zero-order valence-electron chi connectivity index (χ0n) is 22.3. The summed E-state index contributed by atoms with van der Waals surface area (Å²) in [6.45, 7) is 4.07. The second-order valence-electron chi connectivity index (χ2n) is 10.3. The van der Waals surface area contributed by atoms with E-state index in [9.17, 15) is 9.59 Å². The van der Waals surface area contributed by atoms with E-state index in [1.807, 2.05) is 68.4 Å². The third kappa shape index (κ3) is 7.84. The topological polar surface area (TPSA) is 58.6 Å². The molecule has 1 fully saturated rings. The summed E-state index contributed by atoms with van der Waals surface area (Å²) in [5.74, 6) is 0.227. The summed E-state index contributed by atoms with van der Waals surface area (Å²) in [6.07, 6.45) is 5.84. The van der Waals surface area contributed by atoms with E-state index in [2.05, 4.69) is 11.4 Å². The highest BCUT2D eigenvalue weighted by molar-refractivity contribution is 6.31. The van der Waals surface area contributed by atoms with E-state index in [0.29, 0.717) is 23.7 Å². The van der Waals surface area contributed by atoms with Gasteiger partial charge in [0.2, 0.25) is 5.91 Å².